The minimum absolute atomic E-state index is 0.0400. The molecule has 1 amide bonds. The maximum Gasteiger partial charge on any atom is 0.272 e. The van der Waals surface area contributed by atoms with Crippen molar-refractivity contribution < 1.29 is 9.53 Å². The number of aromatic amines is 1. The highest BCUT2D eigenvalue weighted by molar-refractivity contribution is 5.94. The van der Waals surface area contributed by atoms with Gasteiger partial charge in [0.15, 0.2) is 5.69 Å². The van der Waals surface area contributed by atoms with Gasteiger partial charge in [0.25, 0.3) is 5.91 Å². The number of aromatic nitrogens is 4. The van der Waals surface area contributed by atoms with E-state index in [1.54, 1.807) is 13.3 Å². The van der Waals surface area contributed by atoms with Gasteiger partial charge in [-0.1, -0.05) is 12.1 Å². The molecule has 1 aliphatic carbocycles. The number of nitrogens with one attached hydrogen (secondary N) is 2. The van der Waals surface area contributed by atoms with Gasteiger partial charge in [0.2, 0.25) is 0 Å². The molecule has 1 aliphatic heterocycles. The van der Waals surface area contributed by atoms with Crippen molar-refractivity contribution in [3.63, 3.8) is 0 Å². The number of rotatable bonds is 8. The molecule has 0 bridgehead atoms. The number of ether oxygens (including phenoxy) is 1. The SMILES string of the molecule is COc1ccc(CCn2nc(C(=O)NC3CC3)c3c2CCN(Cc2ncc[nH]2)C3)cc1. The van der Waals surface area contributed by atoms with E-state index in [0.29, 0.717) is 18.3 Å². The summed E-state index contributed by atoms with van der Waals surface area (Å²) >= 11 is 0. The van der Waals surface area contributed by atoms with E-state index in [0.717, 1.165) is 62.5 Å². The Morgan fingerprint density at radius 2 is 2.13 bits per heavy atom. The second-order valence-electron chi connectivity index (χ2n) is 8.34. The largest absolute Gasteiger partial charge is 0.497 e. The summed E-state index contributed by atoms with van der Waals surface area (Å²) in [6.07, 6.45) is 7.49. The predicted molar refractivity (Wildman–Crippen MR) is 116 cm³/mol. The Bertz CT molecular complexity index is 1040. The maximum atomic E-state index is 12.9. The molecule has 0 atom stereocenters. The topological polar surface area (TPSA) is 88.1 Å². The number of fused-ring (bicyclic) bond motifs is 1. The van der Waals surface area contributed by atoms with Crippen molar-refractivity contribution in [1.29, 1.82) is 0 Å². The molecule has 8 heteroatoms. The van der Waals surface area contributed by atoms with E-state index in [-0.39, 0.29) is 5.91 Å². The summed E-state index contributed by atoms with van der Waals surface area (Å²) in [4.78, 5) is 22.8. The van der Waals surface area contributed by atoms with Crippen molar-refractivity contribution in [2.24, 2.45) is 0 Å². The monoisotopic (exact) mass is 420 g/mol. The zero-order valence-corrected chi connectivity index (χ0v) is 17.8. The van der Waals surface area contributed by atoms with Crippen molar-refractivity contribution in [3.8, 4) is 5.75 Å². The van der Waals surface area contributed by atoms with Gasteiger partial charge in [-0.05, 0) is 37.0 Å². The van der Waals surface area contributed by atoms with E-state index in [4.69, 9.17) is 9.84 Å². The predicted octanol–water partition coefficient (Wildman–Crippen LogP) is 2.31. The average Bonchev–Trinajstić information content (AvgIpc) is 3.31. The second-order valence-corrected chi connectivity index (χ2v) is 8.34. The van der Waals surface area contributed by atoms with Crippen LogP contribution in [0, 0.1) is 0 Å². The lowest BCUT2D eigenvalue weighted by molar-refractivity contribution is 0.0943. The van der Waals surface area contributed by atoms with Gasteiger partial charge in [-0.25, -0.2) is 4.98 Å². The Morgan fingerprint density at radius 3 is 2.84 bits per heavy atom. The van der Waals surface area contributed by atoms with Gasteiger partial charge in [-0.2, -0.15) is 5.10 Å². The first kappa shape index (κ1) is 19.8. The summed E-state index contributed by atoms with van der Waals surface area (Å²) in [7, 11) is 1.68. The van der Waals surface area contributed by atoms with E-state index >= 15 is 0 Å². The summed E-state index contributed by atoms with van der Waals surface area (Å²) in [5.41, 5.74) is 4.06. The van der Waals surface area contributed by atoms with Crippen molar-refractivity contribution in [3.05, 3.63) is 65.0 Å². The van der Waals surface area contributed by atoms with Gasteiger partial charge in [0, 0.05) is 55.7 Å². The van der Waals surface area contributed by atoms with Crippen LogP contribution in [0.1, 0.15) is 46.0 Å². The molecule has 0 radical (unpaired) electrons. The van der Waals surface area contributed by atoms with Crippen LogP contribution in [0.5, 0.6) is 5.75 Å². The van der Waals surface area contributed by atoms with Crippen LogP contribution in [0.3, 0.4) is 0 Å². The average molecular weight is 421 g/mol. The van der Waals surface area contributed by atoms with Crippen molar-refractivity contribution in [2.45, 2.75) is 51.4 Å². The smallest absolute Gasteiger partial charge is 0.272 e. The number of hydrogen-bond acceptors (Lipinski definition) is 5. The van der Waals surface area contributed by atoms with Crippen LogP contribution >= 0.6 is 0 Å². The molecule has 1 saturated carbocycles. The number of carbonyl (C=O) groups is 1. The molecule has 2 aliphatic rings. The van der Waals surface area contributed by atoms with Crippen molar-refractivity contribution in [1.82, 2.24) is 30.0 Å². The van der Waals surface area contributed by atoms with Crippen molar-refractivity contribution >= 4 is 5.91 Å². The third-order valence-corrected chi connectivity index (χ3v) is 6.04. The molecule has 8 nitrogen and oxygen atoms in total. The normalized spacial score (nSPS) is 16.2. The van der Waals surface area contributed by atoms with Crippen LogP contribution in [0.15, 0.2) is 36.7 Å². The molecule has 3 aromatic rings. The summed E-state index contributed by atoms with van der Waals surface area (Å²) < 4.78 is 7.29. The number of nitrogens with zero attached hydrogens (tertiary/aromatic N) is 4. The summed E-state index contributed by atoms with van der Waals surface area (Å²) in [5.74, 6) is 1.76. The Hall–Kier alpha value is -3.13. The fraction of sp³-hybridized carbons (Fsp3) is 0.435. The zero-order valence-electron chi connectivity index (χ0n) is 17.8. The number of benzene rings is 1. The number of amides is 1. The van der Waals surface area contributed by atoms with Gasteiger partial charge >= 0.3 is 0 Å². The van der Waals surface area contributed by atoms with Gasteiger partial charge in [-0.3, -0.25) is 14.4 Å². The lowest BCUT2D eigenvalue weighted by Crippen LogP contribution is -2.33. The molecule has 1 fully saturated rings. The fourth-order valence-electron chi connectivity index (χ4n) is 4.15. The third kappa shape index (κ3) is 4.49. The van der Waals surface area contributed by atoms with Gasteiger partial charge in [-0.15, -0.1) is 0 Å². The molecule has 2 N–H and O–H groups in total. The minimum Gasteiger partial charge on any atom is -0.497 e. The highest BCUT2D eigenvalue weighted by Crippen LogP contribution is 2.26. The van der Waals surface area contributed by atoms with E-state index in [1.807, 2.05) is 23.0 Å². The van der Waals surface area contributed by atoms with Gasteiger partial charge in [0.05, 0.1) is 13.7 Å². The van der Waals surface area contributed by atoms with Crippen LogP contribution in [0.4, 0.5) is 0 Å². The van der Waals surface area contributed by atoms with Gasteiger partial charge < -0.3 is 15.0 Å². The van der Waals surface area contributed by atoms with E-state index in [1.165, 1.54) is 11.3 Å². The molecular weight excluding hydrogens is 392 g/mol. The molecular formula is C23H28N6O2. The number of hydrogen-bond donors (Lipinski definition) is 2. The van der Waals surface area contributed by atoms with E-state index in [2.05, 4.69) is 32.3 Å². The third-order valence-electron chi connectivity index (χ3n) is 6.04. The summed E-state index contributed by atoms with van der Waals surface area (Å²) in [6, 6.07) is 8.45. The van der Waals surface area contributed by atoms with E-state index < -0.39 is 0 Å². The lowest BCUT2D eigenvalue weighted by atomic mass is 10.0. The van der Waals surface area contributed by atoms with Crippen LogP contribution < -0.4 is 10.1 Å². The summed E-state index contributed by atoms with van der Waals surface area (Å²) in [5, 5.41) is 7.90. The standard InChI is InChI=1S/C23H28N6O2/c1-31-18-6-2-16(3-7-18)8-13-29-20-9-12-28(15-21-24-10-11-25-21)14-19(20)22(27-29)23(30)26-17-4-5-17/h2-3,6-7,10-11,17H,4-5,8-9,12-15H2,1H3,(H,24,25)(H,26,30). The molecule has 3 heterocycles. The number of imidazole rings is 1. The van der Waals surface area contributed by atoms with Crippen LogP contribution in [0.25, 0.3) is 0 Å². The van der Waals surface area contributed by atoms with Crippen LogP contribution in [-0.4, -0.2) is 50.3 Å². The Morgan fingerprint density at radius 1 is 1.29 bits per heavy atom. The number of H-pyrrole nitrogens is 1. The number of carbonyl (C=O) groups excluding carboxylic acids is 1. The maximum absolute atomic E-state index is 12.9. The van der Waals surface area contributed by atoms with Gasteiger partial charge in [0.1, 0.15) is 11.6 Å². The first-order chi connectivity index (χ1) is 15.2. The number of methoxy groups -OCH3 is 1. The summed E-state index contributed by atoms with van der Waals surface area (Å²) in [6.45, 7) is 3.13. The zero-order chi connectivity index (χ0) is 21.2. The minimum atomic E-state index is -0.0400. The number of aryl methyl sites for hydroxylation is 2. The Labute approximate surface area is 181 Å². The first-order valence-corrected chi connectivity index (χ1v) is 10.9. The second kappa shape index (κ2) is 8.55. The molecule has 1 aromatic carbocycles. The van der Waals surface area contributed by atoms with E-state index in [9.17, 15) is 4.79 Å². The Kier molecular flexibility index (Phi) is 5.46. The molecule has 0 saturated heterocycles. The first-order valence-electron chi connectivity index (χ1n) is 10.9. The van der Waals surface area contributed by atoms with Crippen LogP contribution in [0.2, 0.25) is 0 Å². The Balaban J connectivity index is 1.35. The molecule has 0 unspecified atom stereocenters. The molecule has 0 spiro atoms. The molecule has 2 aromatic heterocycles. The molecule has 5 rings (SSSR count). The molecule has 162 valence electrons. The van der Waals surface area contributed by atoms with Crippen LogP contribution in [-0.2, 0) is 32.5 Å². The lowest BCUT2D eigenvalue weighted by Gasteiger charge is -2.27. The fourth-order valence-corrected chi connectivity index (χ4v) is 4.15. The highest BCUT2D eigenvalue weighted by atomic mass is 16.5. The highest BCUT2D eigenvalue weighted by Gasteiger charge is 2.31. The van der Waals surface area contributed by atoms with Crippen molar-refractivity contribution in [2.75, 3.05) is 13.7 Å². The molecule has 31 heavy (non-hydrogen) atoms. The quantitative estimate of drug-likeness (QED) is 0.584.